The van der Waals surface area contributed by atoms with Crippen molar-refractivity contribution in [2.45, 2.75) is 20.3 Å². The summed E-state index contributed by atoms with van der Waals surface area (Å²) in [4.78, 5) is 4.17. The minimum atomic E-state index is 0.393. The third-order valence-corrected chi connectivity index (χ3v) is 2.82. The van der Waals surface area contributed by atoms with Crippen molar-refractivity contribution in [3.8, 4) is 11.2 Å². The van der Waals surface area contributed by atoms with Crippen molar-refractivity contribution in [3.05, 3.63) is 23.0 Å². The maximum atomic E-state index is 8.96. The molecule has 2 aromatic heterocycles. The van der Waals surface area contributed by atoms with Gasteiger partial charge in [0.15, 0.2) is 5.69 Å². The summed E-state index contributed by atoms with van der Waals surface area (Å²) in [7, 11) is 0. The summed E-state index contributed by atoms with van der Waals surface area (Å²) in [6.07, 6.45) is 2.49. The Hall–Kier alpha value is -1.74. The highest BCUT2D eigenvalue weighted by atomic mass is 32.1. The van der Waals surface area contributed by atoms with Crippen molar-refractivity contribution in [2.24, 2.45) is 5.92 Å². The summed E-state index contributed by atoms with van der Waals surface area (Å²) in [5.41, 5.74) is 1.23. The van der Waals surface area contributed by atoms with Crippen LogP contribution in [-0.4, -0.2) is 20.0 Å². The molecule has 5 nitrogen and oxygen atoms in total. The van der Waals surface area contributed by atoms with Gasteiger partial charge in [0.25, 0.3) is 0 Å². The van der Waals surface area contributed by atoms with Gasteiger partial charge in [0, 0.05) is 11.6 Å². The molecule has 0 aliphatic carbocycles. The summed E-state index contributed by atoms with van der Waals surface area (Å²) in [6.45, 7) is 4.20. The smallest absolute Gasteiger partial charge is 0.211 e. The zero-order valence-corrected chi connectivity index (χ0v) is 9.90. The van der Waals surface area contributed by atoms with Gasteiger partial charge in [-0.2, -0.15) is 9.94 Å². The second-order valence-corrected chi connectivity index (χ2v) is 4.69. The lowest BCUT2D eigenvalue weighted by atomic mass is 10.1. The number of nitrogens with zero attached hydrogens (tertiary/aromatic N) is 5. The number of thiazole rings is 1. The molecule has 2 rings (SSSR count). The van der Waals surface area contributed by atoms with Gasteiger partial charge in [-0.05, 0) is 12.3 Å². The van der Waals surface area contributed by atoms with Crippen LogP contribution in [0.15, 0.2) is 11.6 Å². The Morgan fingerprint density at radius 2 is 2.38 bits per heavy atom. The lowest BCUT2D eigenvalue weighted by molar-refractivity contribution is 0.613. The van der Waals surface area contributed by atoms with E-state index >= 15 is 0 Å². The molecule has 0 atom stereocenters. The second-order valence-electron chi connectivity index (χ2n) is 3.82. The number of hydrogen-bond donors (Lipinski definition) is 0. The molecule has 0 bridgehead atoms. The maximum absolute atomic E-state index is 8.96. The number of aromatic nitrogens is 4. The van der Waals surface area contributed by atoms with Gasteiger partial charge in [0.05, 0.1) is 5.69 Å². The Morgan fingerprint density at radius 3 is 2.94 bits per heavy atom. The van der Waals surface area contributed by atoms with Crippen molar-refractivity contribution < 1.29 is 0 Å². The number of hydrogen-bond acceptors (Lipinski definition) is 5. The van der Waals surface area contributed by atoms with E-state index in [1.54, 1.807) is 10.9 Å². The molecule has 0 unspecified atom stereocenters. The van der Waals surface area contributed by atoms with Crippen LogP contribution in [0.3, 0.4) is 0 Å². The van der Waals surface area contributed by atoms with Crippen LogP contribution in [0.25, 0.3) is 5.13 Å². The van der Waals surface area contributed by atoms with Gasteiger partial charge in [-0.1, -0.05) is 19.1 Å². The molecule has 2 aromatic rings. The van der Waals surface area contributed by atoms with Crippen LogP contribution in [-0.2, 0) is 6.42 Å². The first kappa shape index (κ1) is 10.8. The molecule has 0 spiro atoms. The SMILES string of the molecule is CC(C)Cc1c(C#N)nnn1-c1nccs1. The lowest BCUT2D eigenvalue weighted by Crippen LogP contribution is -2.06. The highest BCUT2D eigenvalue weighted by molar-refractivity contribution is 7.12. The molecule has 0 amide bonds. The Morgan fingerprint density at radius 1 is 1.56 bits per heavy atom. The van der Waals surface area contributed by atoms with Gasteiger partial charge in [-0.25, -0.2) is 4.98 Å². The molecule has 0 radical (unpaired) electrons. The average molecular weight is 233 g/mol. The molecule has 0 N–H and O–H groups in total. The molecule has 0 saturated carbocycles. The Kier molecular flexibility index (Phi) is 2.97. The van der Waals surface area contributed by atoms with Crippen molar-refractivity contribution in [3.63, 3.8) is 0 Å². The van der Waals surface area contributed by atoms with E-state index in [4.69, 9.17) is 5.26 Å². The zero-order valence-electron chi connectivity index (χ0n) is 9.08. The van der Waals surface area contributed by atoms with Gasteiger partial charge in [0.2, 0.25) is 5.13 Å². The van der Waals surface area contributed by atoms with Crippen molar-refractivity contribution in [1.82, 2.24) is 20.0 Å². The first-order chi connectivity index (χ1) is 7.72. The van der Waals surface area contributed by atoms with Crippen LogP contribution in [0.5, 0.6) is 0 Å². The Balaban J connectivity index is 2.47. The van der Waals surface area contributed by atoms with E-state index in [1.165, 1.54) is 11.3 Å². The number of rotatable bonds is 3. The Labute approximate surface area is 97.4 Å². The fraction of sp³-hybridized carbons (Fsp3) is 0.400. The molecular formula is C10H11N5S. The normalized spacial score (nSPS) is 10.6. The summed E-state index contributed by atoms with van der Waals surface area (Å²) in [6, 6.07) is 2.07. The van der Waals surface area contributed by atoms with Gasteiger partial charge in [-0.15, -0.1) is 16.4 Å². The molecule has 82 valence electrons. The summed E-state index contributed by atoms with van der Waals surface area (Å²) in [5, 5.41) is 19.4. The minimum Gasteiger partial charge on any atom is -0.227 e. The Bertz CT molecular complexity index is 506. The molecule has 16 heavy (non-hydrogen) atoms. The van der Waals surface area contributed by atoms with E-state index in [0.717, 1.165) is 17.2 Å². The van der Waals surface area contributed by atoms with Gasteiger partial charge in [-0.3, -0.25) is 0 Å². The highest BCUT2D eigenvalue weighted by Crippen LogP contribution is 2.17. The fourth-order valence-corrected chi connectivity index (χ4v) is 2.04. The molecule has 6 heteroatoms. The van der Waals surface area contributed by atoms with Crippen LogP contribution in [0, 0.1) is 17.2 Å². The van der Waals surface area contributed by atoms with Crippen LogP contribution >= 0.6 is 11.3 Å². The fourth-order valence-electron chi connectivity index (χ4n) is 1.43. The molecule has 0 fully saturated rings. The van der Waals surface area contributed by atoms with Crippen LogP contribution < -0.4 is 0 Å². The van der Waals surface area contributed by atoms with E-state index in [2.05, 4.69) is 35.2 Å². The second kappa shape index (κ2) is 4.41. The predicted molar refractivity (Wildman–Crippen MR) is 60.3 cm³/mol. The maximum Gasteiger partial charge on any atom is 0.211 e. The first-order valence-electron chi connectivity index (χ1n) is 4.97. The van der Waals surface area contributed by atoms with Crippen LogP contribution in [0.2, 0.25) is 0 Å². The van der Waals surface area contributed by atoms with E-state index in [9.17, 15) is 0 Å². The van der Waals surface area contributed by atoms with E-state index in [-0.39, 0.29) is 0 Å². The standard InChI is InChI=1S/C10H11N5S/c1-7(2)5-9-8(6-11)13-14-15(9)10-12-3-4-16-10/h3-4,7H,5H2,1-2H3. The summed E-state index contributed by atoms with van der Waals surface area (Å²) < 4.78 is 1.66. The van der Waals surface area contributed by atoms with Crippen molar-refractivity contribution >= 4 is 11.3 Å². The third-order valence-electron chi connectivity index (χ3n) is 2.07. The molecule has 0 saturated heterocycles. The van der Waals surface area contributed by atoms with Crippen LogP contribution in [0.1, 0.15) is 25.2 Å². The van der Waals surface area contributed by atoms with Crippen molar-refractivity contribution in [1.29, 1.82) is 5.26 Å². The molecule has 0 aromatic carbocycles. The molecule has 0 aliphatic heterocycles. The van der Waals surface area contributed by atoms with Crippen molar-refractivity contribution in [2.75, 3.05) is 0 Å². The number of nitriles is 1. The first-order valence-corrected chi connectivity index (χ1v) is 5.85. The average Bonchev–Trinajstić information content (AvgIpc) is 2.84. The van der Waals surface area contributed by atoms with Crippen LogP contribution in [0.4, 0.5) is 0 Å². The van der Waals surface area contributed by atoms with E-state index in [0.29, 0.717) is 11.6 Å². The summed E-state index contributed by atoms with van der Waals surface area (Å²) in [5.74, 6) is 0.448. The topological polar surface area (TPSA) is 67.4 Å². The zero-order chi connectivity index (χ0) is 11.5. The van der Waals surface area contributed by atoms with E-state index in [1.807, 2.05) is 5.38 Å². The minimum absolute atomic E-state index is 0.393. The largest absolute Gasteiger partial charge is 0.227 e. The molecule has 2 heterocycles. The van der Waals surface area contributed by atoms with Gasteiger partial charge >= 0.3 is 0 Å². The monoisotopic (exact) mass is 233 g/mol. The quantitative estimate of drug-likeness (QED) is 0.810. The predicted octanol–water partition coefficient (Wildman–Crippen LogP) is 1.79. The lowest BCUT2D eigenvalue weighted by Gasteiger charge is -2.05. The van der Waals surface area contributed by atoms with Gasteiger partial charge < -0.3 is 0 Å². The van der Waals surface area contributed by atoms with Gasteiger partial charge in [0.1, 0.15) is 6.07 Å². The van der Waals surface area contributed by atoms with E-state index < -0.39 is 0 Å². The molecule has 0 aliphatic rings. The highest BCUT2D eigenvalue weighted by Gasteiger charge is 2.16. The molecular weight excluding hydrogens is 222 g/mol. The third kappa shape index (κ3) is 1.95. The summed E-state index contributed by atoms with van der Waals surface area (Å²) >= 11 is 1.48.